The molecule has 0 aliphatic heterocycles. The highest BCUT2D eigenvalue weighted by molar-refractivity contribution is 6.70. The van der Waals surface area contributed by atoms with E-state index in [9.17, 15) is 0 Å². The summed E-state index contributed by atoms with van der Waals surface area (Å²) in [7, 11) is -1.45. The van der Waals surface area contributed by atoms with E-state index in [1.807, 2.05) is 0 Å². The van der Waals surface area contributed by atoms with Gasteiger partial charge in [-0.15, -0.1) is 0 Å². The lowest BCUT2D eigenvalue weighted by molar-refractivity contribution is -0.157. The molecule has 0 spiro atoms. The van der Waals surface area contributed by atoms with Crippen molar-refractivity contribution in [2.75, 3.05) is 7.11 Å². The Morgan fingerprint density at radius 2 is 1.59 bits per heavy atom. The largest absolute Gasteiger partial charge is 0.415 e. The fraction of sp³-hybridized carbons (Fsp3) is 0.962. The second-order valence-corrected chi connectivity index (χ2v) is 22.8. The van der Waals surface area contributed by atoms with Crippen molar-refractivity contribution >= 4 is 22.3 Å². The van der Waals surface area contributed by atoms with Crippen LogP contribution in [0.1, 0.15) is 65.2 Å². The zero-order valence-electron chi connectivity index (χ0n) is 22.3. The number of fused-ring (bicyclic) bond motifs is 5. The van der Waals surface area contributed by atoms with Crippen LogP contribution in [0, 0.1) is 34.5 Å². The molecule has 0 saturated heterocycles. The topological polar surface area (TPSA) is 40.0 Å². The van der Waals surface area contributed by atoms with Crippen molar-refractivity contribution < 1.29 is 13.7 Å². The Hall–Kier alpha value is -0.176. The van der Waals surface area contributed by atoms with Gasteiger partial charge in [-0.1, -0.05) is 19.0 Å². The van der Waals surface area contributed by atoms with Crippen LogP contribution in [0.15, 0.2) is 5.16 Å². The van der Waals surface area contributed by atoms with E-state index >= 15 is 0 Å². The van der Waals surface area contributed by atoms with Crippen LogP contribution < -0.4 is 0 Å². The van der Waals surface area contributed by atoms with Gasteiger partial charge < -0.3 is 13.7 Å². The Morgan fingerprint density at radius 1 is 0.906 bits per heavy atom. The van der Waals surface area contributed by atoms with Gasteiger partial charge in [0.1, 0.15) is 7.11 Å². The van der Waals surface area contributed by atoms with Crippen molar-refractivity contribution in [3.63, 3.8) is 0 Å². The lowest BCUT2D eigenvalue weighted by Gasteiger charge is -2.63. The molecule has 4 nitrogen and oxygen atoms in total. The van der Waals surface area contributed by atoms with Crippen molar-refractivity contribution in [2.45, 2.75) is 117 Å². The minimum absolute atomic E-state index is 0.142. The van der Waals surface area contributed by atoms with E-state index in [4.69, 9.17) is 13.7 Å². The summed E-state index contributed by atoms with van der Waals surface area (Å²) < 4.78 is 13.7. The van der Waals surface area contributed by atoms with Crippen molar-refractivity contribution in [1.29, 1.82) is 0 Å². The summed E-state index contributed by atoms with van der Waals surface area (Å²) in [5, 5.41) is 4.55. The smallest absolute Gasteiger partial charge is 0.184 e. The fourth-order valence-electron chi connectivity index (χ4n) is 8.53. The molecular formula is C26H49NO3Si2. The Labute approximate surface area is 199 Å². The van der Waals surface area contributed by atoms with Gasteiger partial charge in [0.05, 0.1) is 5.71 Å². The first-order valence-corrected chi connectivity index (χ1v) is 20.0. The van der Waals surface area contributed by atoms with E-state index < -0.39 is 16.6 Å². The van der Waals surface area contributed by atoms with Crippen molar-refractivity contribution in [2.24, 2.45) is 39.7 Å². The van der Waals surface area contributed by atoms with E-state index in [2.05, 4.69) is 58.3 Å². The molecule has 0 aromatic carbocycles. The molecule has 4 aliphatic rings. The van der Waals surface area contributed by atoms with E-state index in [1.54, 1.807) is 7.11 Å². The Morgan fingerprint density at radius 3 is 2.22 bits per heavy atom. The second kappa shape index (κ2) is 8.49. The first-order chi connectivity index (χ1) is 14.8. The van der Waals surface area contributed by atoms with Gasteiger partial charge in [0.25, 0.3) is 0 Å². The lowest BCUT2D eigenvalue weighted by atomic mass is 9.44. The van der Waals surface area contributed by atoms with Crippen LogP contribution >= 0.6 is 0 Å². The molecule has 184 valence electrons. The van der Waals surface area contributed by atoms with Crippen LogP contribution in [0.25, 0.3) is 0 Å². The Balaban J connectivity index is 1.65. The minimum atomic E-state index is -1.66. The molecular weight excluding hydrogens is 430 g/mol. The third-order valence-corrected chi connectivity index (χ3v) is 11.5. The fourth-order valence-corrected chi connectivity index (χ4v) is 10.9. The quantitative estimate of drug-likeness (QED) is 0.312. The van der Waals surface area contributed by atoms with Crippen LogP contribution in [-0.2, 0) is 13.7 Å². The van der Waals surface area contributed by atoms with Crippen LogP contribution in [0.5, 0.6) is 0 Å². The first kappa shape index (κ1) is 24.9. The lowest BCUT2D eigenvalue weighted by Crippen LogP contribution is -2.61. The molecule has 4 rings (SSSR count). The average Bonchev–Trinajstić information content (AvgIpc) is 2.95. The number of rotatable bonds is 5. The molecule has 0 amide bonds. The van der Waals surface area contributed by atoms with Gasteiger partial charge in [-0.2, -0.15) is 0 Å². The minimum Gasteiger partial charge on any atom is -0.415 e. The first-order valence-electron chi connectivity index (χ1n) is 13.2. The Bertz CT molecular complexity index is 730. The molecule has 8 unspecified atom stereocenters. The number of oxime groups is 1. The molecule has 32 heavy (non-hydrogen) atoms. The molecule has 0 heterocycles. The summed E-state index contributed by atoms with van der Waals surface area (Å²) in [6, 6.07) is 0. The van der Waals surface area contributed by atoms with Crippen LogP contribution in [0.2, 0.25) is 39.3 Å². The molecule has 8 atom stereocenters. The highest BCUT2D eigenvalue weighted by Gasteiger charge is 2.63. The summed E-state index contributed by atoms with van der Waals surface area (Å²) in [5.41, 5.74) is 1.82. The molecule has 4 saturated carbocycles. The molecule has 6 heteroatoms. The normalized spacial score (nSPS) is 45.8. The second-order valence-electron chi connectivity index (χ2n) is 13.9. The molecule has 0 aromatic heterocycles. The predicted octanol–water partition coefficient (Wildman–Crippen LogP) is 7.08. The van der Waals surface area contributed by atoms with Gasteiger partial charge in [-0.3, -0.25) is 0 Å². The third kappa shape index (κ3) is 4.55. The summed E-state index contributed by atoms with van der Waals surface area (Å²) in [6.45, 7) is 19.3. The van der Waals surface area contributed by atoms with E-state index in [1.165, 1.54) is 44.2 Å². The highest BCUT2D eigenvalue weighted by Crippen LogP contribution is 2.66. The number of hydrogen-bond donors (Lipinski definition) is 0. The van der Waals surface area contributed by atoms with Gasteiger partial charge in [0.2, 0.25) is 0 Å². The standard InChI is InChI=1S/C26H49NO3Si2/c1-25-15-14-19(29-31(4,5)6)16-18(25)10-11-20-21-12-13-23(27-28-3)26(21,2)17-22(24(20)25)30-32(7,8)9/h18-22,24H,10-17H2,1-9H3/b27-23+. The average molecular weight is 480 g/mol. The molecule has 0 aromatic rings. The SMILES string of the molecule is CO/N=C1\CCC2C3CCC4CC(O[Si](C)(C)C)CCC4(C)C3C(O[Si](C)(C)C)CC12C. The third-order valence-electron chi connectivity index (χ3n) is 9.50. The molecule has 0 bridgehead atoms. The predicted molar refractivity (Wildman–Crippen MR) is 138 cm³/mol. The van der Waals surface area contributed by atoms with Crippen LogP contribution in [-0.4, -0.2) is 41.7 Å². The molecule has 4 fully saturated rings. The van der Waals surface area contributed by atoms with Crippen molar-refractivity contribution in [1.82, 2.24) is 0 Å². The summed E-state index contributed by atoms with van der Waals surface area (Å²) in [6.07, 6.45) is 10.9. The number of nitrogens with zero attached hydrogens (tertiary/aromatic N) is 1. The number of hydrogen-bond acceptors (Lipinski definition) is 4. The van der Waals surface area contributed by atoms with Gasteiger partial charge in [0, 0.05) is 17.6 Å². The maximum Gasteiger partial charge on any atom is 0.184 e. The van der Waals surface area contributed by atoms with Crippen molar-refractivity contribution in [3.8, 4) is 0 Å². The van der Waals surface area contributed by atoms with E-state index in [-0.39, 0.29) is 5.41 Å². The molecule has 0 radical (unpaired) electrons. The van der Waals surface area contributed by atoms with Gasteiger partial charge >= 0.3 is 0 Å². The summed E-state index contributed by atoms with van der Waals surface area (Å²) in [4.78, 5) is 5.31. The zero-order valence-corrected chi connectivity index (χ0v) is 24.3. The molecule has 0 N–H and O–H groups in total. The van der Waals surface area contributed by atoms with Gasteiger partial charge in [-0.05, 0) is 120 Å². The van der Waals surface area contributed by atoms with E-state index in [0.717, 1.165) is 30.6 Å². The van der Waals surface area contributed by atoms with E-state index in [0.29, 0.717) is 23.5 Å². The maximum atomic E-state index is 7.09. The maximum absolute atomic E-state index is 7.09. The monoisotopic (exact) mass is 479 g/mol. The highest BCUT2D eigenvalue weighted by atomic mass is 28.4. The zero-order chi connectivity index (χ0) is 23.5. The van der Waals surface area contributed by atoms with Gasteiger partial charge in [-0.25, -0.2) is 0 Å². The summed E-state index contributed by atoms with van der Waals surface area (Å²) in [5.74, 6) is 2.96. The Kier molecular flexibility index (Phi) is 6.62. The molecule has 4 aliphatic carbocycles. The van der Waals surface area contributed by atoms with Crippen molar-refractivity contribution in [3.05, 3.63) is 0 Å². The van der Waals surface area contributed by atoms with Crippen LogP contribution in [0.4, 0.5) is 0 Å². The van der Waals surface area contributed by atoms with Crippen LogP contribution in [0.3, 0.4) is 0 Å². The summed E-state index contributed by atoms with van der Waals surface area (Å²) >= 11 is 0. The van der Waals surface area contributed by atoms with Gasteiger partial charge in [0.15, 0.2) is 16.6 Å².